The molecule has 0 saturated heterocycles. The first-order chi connectivity index (χ1) is 12.8. The number of pyridine rings is 1. The first-order valence-electron chi connectivity index (χ1n) is 8.60. The van der Waals surface area contributed by atoms with Crippen LogP contribution in [0.15, 0.2) is 47.4 Å². The standard InChI is InChI=1S/C19H21N5O3/c1-12(2)20-18(26)14-7-8-15(13(3)10-14)21-17(25)11-24-19(27)23-9-5-4-6-16(23)22-24/h4-10,12H,11H2,1-3H3,(H,20,26)(H,21,25). The number of anilines is 1. The maximum Gasteiger partial charge on any atom is 0.350 e. The second-order valence-electron chi connectivity index (χ2n) is 6.58. The predicted molar refractivity (Wildman–Crippen MR) is 102 cm³/mol. The van der Waals surface area contributed by atoms with E-state index in [1.54, 1.807) is 49.5 Å². The number of hydrogen-bond acceptors (Lipinski definition) is 4. The van der Waals surface area contributed by atoms with Gasteiger partial charge in [-0.25, -0.2) is 9.48 Å². The van der Waals surface area contributed by atoms with Gasteiger partial charge in [0.2, 0.25) is 5.91 Å². The number of rotatable bonds is 5. The molecule has 3 aromatic rings. The van der Waals surface area contributed by atoms with Crippen molar-refractivity contribution in [2.24, 2.45) is 0 Å². The lowest BCUT2D eigenvalue weighted by atomic mass is 10.1. The Balaban J connectivity index is 1.73. The van der Waals surface area contributed by atoms with Crippen LogP contribution in [0.3, 0.4) is 0 Å². The number of nitrogens with zero attached hydrogens (tertiary/aromatic N) is 3. The van der Waals surface area contributed by atoms with Gasteiger partial charge in [0.1, 0.15) is 6.54 Å². The van der Waals surface area contributed by atoms with Gasteiger partial charge in [0.15, 0.2) is 5.65 Å². The van der Waals surface area contributed by atoms with E-state index >= 15 is 0 Å². The summed E-state index contributed by atoms with van der Waals surface area (Å²) in [5.74, 6) is -0.537. The van der Waals surface area contributed by atoms with Crippen molar-refractivity contribution in [2.45, 2.75) is 33.4 Å². The number of carbonyl (C=O) groups is 2. The summed E-state index contributed by atoms with van der Waals surface area (Å²) >= 11 is 0. The number of hydrogen-bond donors (Lipinski definition) is 2. The molecule has 0 saturated carbocycles. The van der Waals surface area contributed by atoms with Crippen molar-refractivity contribution in [3.05, 3.63) is 64.2 Å². The van der Waals surface area contributed by atoms with Gasteiger partial charge < -0.3 is 10.6 Å². The number of amides is 2. The Labute approximate surface area is 155 Å². The fraction of sp³-hybridized carbons (Fsp3) is 0.263. The fourth-order valence-corrected chi connectivity index (χ4v) is 2.69. The Morgan fingerprint density at radius 1 is 1.19 bits per heavy atom. The maximum absolute atomic E-state index is 12.3. The topological polar surface area (TPSA) is 97.5 Å². The second kappa shape index (κ2) is 7.45. The quantitative estimate of drug-likeness (QED) is 0.715. The minimum Gasteiger partial charge on any atom is -0.350 e. The van der Waals surface area contributed by atoms with Crippen LogP contribution in [-0.4, -0.2) is 32.0 Å². The molecule has 2 amide bonds. The molecule has 0 aliphatic carbocycles. The van der Waals surface area contributed by atoms with Gasteiger partial charge in [-0.05, 0) is 56.7 Å². The summed E-state index contributed by atoms with van der Waals surface area (Å²) in [7, 11) is 0. The van der Waals surface area contributed by atoms with Crippen LogP contribution >= 0.6 is 0 Å². The van der Waals surface area contributed by atoms with E-state index in [-0.39, 0.29) is 30.1 Å². The van der Waals surface area contributed by atoms with Crippen LogP contribution in [0, 0.1) is 6.92 Å². The highest BCUT2D eigenvalue weighted by Gasteiger charge is 2.13. The fourth-order valence-electron chi connectivity index (χ4n) is 2.69. The summed E-state index contributed by atoms with van der Waals surface area (Å²) in [6.07, 6.45) is 1.60. The molecule has 0 aliphatic heterocycles. The van der Waals surface area contributed by atoms with Crippen LogP contribution in [0.4, 0.5) is 5.69 Å². The summed E-state index contributed by atoms with van der Waals surface area (Å²) in [5, 5.41) is 9.72. The van der Waals surface area contributed by atoms with Crippen LogP contribution in [0.2, 0.25) is 0 Å². The molecule has 0 unspecified atom stereocenters. The van der Waals surface area contributed by atoms with Gasteiger partial charge in [0, 0.05) is 23.5 Å². The number of benzene rings is 1. The third kappa shape index (κ3) is 4.05. The molecule has 8 heteroatoms. The highest BCUT2D eigenvalue weighted by atomic mass is 16.2. The highest BCUT2D eigenvalue weighted by Crippen LogP contribution is 2.16. The monoisotopic (exact) mass is 367 g/mol. The number of nitrogens with one attached hydrogen (secondary N) is 2. The number of aryl methyl sites for hydroxylation is 1. The molecule has 27 heavy (non-hydrogen) atoms. The van der Waals surface area contributed by atoms with Crippen molar-refractivity contribution >= 4 is 23.1 Å². The average molecular weight is 367 g/mol. The van der Waals surface area contributed by atoms with E-state index in [9.17, 15) is 14.4 Å². The average Bonchev–Trinajstić information content (AvgIpc) is 2.92. The first kappa shape index (κ1) is 18.4. The molecule has 0 bridgehead atoms. The SMILES string of the molecule is Cc1cc(C(=O)NC(C)C)ccc1NC(=O)Cn1nc2ccccn2c1=O. The Morgan fingerprint density at radius 2 is 1.96 bits per heavy atom. The van der Waals surface area contributed by atoms with E-state index < -0.39 is 0 Å². The molecule has 0 spiro atoms. The molecule has 140 valence electrons. The first-order valence-corrected chi connectivity index (χ1v) is 8.60. The van der Waals surface area contributed by atoms with E-state index in [0.717, 1.165) is 10.2 Å². The molecule has 8 nitrogen and oxygen atoms in total. The Hall–Kier alpha value is -3.42. The summed E-state index contributed by atoms with van der Waals surface area (Å²) in [4.78, 5) is 36.6. The molecular formula is C19H21N5O3. The summed E-state index contributed by atoms with van der Waals surface area (Å²) in [6.45, 7) is 5.38. The zero-order valence-corrected chi connectivity index (χ0v) is 15.4. The number of carbonyl (C=O) groups excluding carboxylic acids is 2. The third-order valence-corrected chi connectivity index (χ3v) is 3.96. The van der Waals surface area contributed by atoms with Gasteiger partial charge in [0.25, 0.3) is 5.91 Å². The van der Waals surface area contributed by atoms with Crippen LogP contribution in [-0.2, 0) is 11.3 Å². The van der Waals surface area contributed by atoms with Crippen LogP contribution < -0.4 is 16.3 Å². The summed E-state index contributed by atoms with van der Waals surface area (Å²) < 4.78 is 2.49. The molecular weight excluding hydrogens is 346 g/mol. The van der Waals surface area contributed by atoms with Crippen molar-refractivity contribution in [1.29, 1.82) is 0 Å². The Bertz CT molecular complexity index is 1060. The van der Waals surface area contributed by atoms with Crippen molar-refractivity contribution < 1.29 is 9.59 Å². The predicted octanol–water partition coefficient (Wildman–Crippen LogP) is 1.58. The molecule has 2 heterocycles. The molecule has 1 aromatic carbocycles. The van der Waals surface area contributed by atoms with Gasteiger partial charge in [0.05, 0.1) is 0 Å². The van der Waals surface area contributed by atoms with Crippen LogP contribution in [0.25, 0.3) is 5.65 Å². The zero-order chi connectivity index (χ0) is 19.6. The van der Waals surface area contributed by atoms with Crippen molar-refractivity contribution in [3.63, 3.8) is 0 Å². The normalized spacial score (nSPS) is 11.0. The zero-order valence-electron chi connectivity index (χ0n) is 15.4. The lowest BCUT2D eigenvalue weighted by Crippen LogP contribution is -2.30. The van der Waals surface area contributed by atoms with E-state index in [0.29, 0.717) is 16.9 Å². The molecule has 2 aromatic heterocycles. The number of aromatic nitrogens is 3. The largest absolute Gasteiger partial charge is 0.350 e. The summed E-state index contributed by atoms with van der Waals surface area (Å²) in [6, 6.07) is 10.3. The maximum atomic E-state index is 12.3. The molecule has 3 rings (SSSR count). The van der Waals surface area contributed by atoms with E-state index in [4.69, 9.17) is 0 Å². The van der Waals surface area contributed by atoms with Gasteiger partial charge in [-0.15, -0.1) is 5.10 Å². The van der Waals surface area contributed by atoms with Crippen molar-refractivity contribution in [3.8, 4) is 0 Å². The van der Waals surface area contributed by atoms with Crippen molar-refractivity contribution in [1.82, 2.24) is 19.5 Å². The summed E-state index contributed by atoms with van der Waals surface area (Å²) in [5.41, 5.74) is 1.96. The third-order valence-electron chi connectivity index (χ3n) is 3.96. The van der Waals surface area contributed by atoms with Crippen molar-refractivity contribution in [2.75, 3.05) is 5.32 Å². The minimum atomic E-state index is -0.377. The molecule has 0 fully saturated rings. The van der Waals surface area contributed by atoms with Gasteiger partial charge in [-0.2, -0.15) is 0 Å². The van der Waals surface area contributed by atoms with E-state index in [1.165, 1.54) is 4.40 Å². The molecule has 0 atom stereocenters. The molecule has 2 N–H and O–H groups in total. The molecule has 0 radical (unpaired) electrons. The lowest BCUT2D eigenvalue weighted by molar-refractivity contribution is -0.117. The second-order valence-corrected chi connectivity index (χ2v) is 6.58. The van der Waals surface area contributed by atoms with E-state index in [2.05, 4.69) is 15.7 Å². The van der Waals surface area contributed by atoms with Crippen LogP contribution in [0.1, 0.15) is 29.8 Å². The minimum absolute atomic E-state index is 0.0425. The highest BCUT2D eigenvalue weighted by molar-refractivity contribution is 5.96. The Kier molecular flexibility index (Phi) is 5.07. The lowest BCUT2D eigenvalue weighted by Gasteiger charge is -2.12. The Morgan fingerprint density at radius 3 is 2.63 bits per heavy atom. The van der Waals surface area contributed by atoms with Gasteiger partial charge in [-0.1, -0.05) is 6.07 Å². The van der Waals surface area contributed by atoms with Crippen LogP contribution in [0.5, 0.6) is 0 Å². The van der Waals surface area contributed by atoms with E-state index in [1.807, 2.05) is 13.8 Å². The van der Waals surface area contributed by atoms with Gasteiger partial charge in [-0.3, -0.25) is 14.0 Å². The smallest absolute Gasteiger partial charge is 0.350 e. The molecule has 0 aliphatic rings. The van der Waals surface area contributed by atoms with Gasteiger partial charge >= 0.3 is 5.69 Å². The number of fused-ring (bicyclic) bond motifs is 1.